The second-order valence-corrected chi connectivity index (χ2v) is 8.23. The third-order valence-corrected chi connectivity index (χ3v) is 5.97. The zero-order valence-corrected chi connectivity index (χ0v) is 18.0. The van der Waals surface area contributed by atoms with E-state index in [-0.39, 0.29) is 11.8 Å². The maximum absolute atomic E-state index is 9.83. The van der Waals surface area contributed by atoms with Gasteiger partial charge in [-0.25, -0.2) is 0 Å². The summed E-state index contributed by atoms with van der Waals surface area (Å²) in [5.74, 6) is 0.647. The molecular formula is C24H21Cl2N3O. The van der Waals surface area contributed by atoms with Crippen LogP contribution in [-0.2, 0) is 4.74 Å². The van der Waals surface area contributed by atoms with E-state index < -0.39 is 0 Å². The molecule has 2 aromatic rings. The lowest BCUT2D eigenvalue weighted by Gasteiger charge is -2.38. The van der Waals surface area contributed by atoms with Gasteiger partial charge < -0.3 is 10.5 Å². The predicted molar refractivity (Wildman–Crippen MR) is 121 cm³/mol. The van der Waals surface area contributed by atoms with Gasteiger partial charge in [0.2, 0.25) is 5.88 Å². The summed E-state index contributed by atoms with van der Waals surface area (Å²) in [6, 6.07) is 17.5. The van der Waals surface area contributed by atoms with Gasteiger partial charge in [0.15, 0.2) is 0 Å². The molecular weight excluding hydrogens is 417 g/mol. The monoisotopic (exact) mass is 437 g/mol. The molecule has 1 atom stereocenters. The minimum absolute atomic E-state index is 0.156. The molecule has 6 heteroatoms. The number of nitrogens with two attached hydrogens (primary N) is 1. The summed E-state index contributed by atoms with van der Waals surface area (Å²) in [4.78, 5) is 2.32. The van der Waals surface area contributed by atoms with Crippen molar-refractivity contribution < 1.29 is 4.74 Å². The lowest BCUT2D eigenvalue weighted by Crippen LogP contribution is -2.38. The highest BCUT2D eigenvalue weighted by atomic mass is 35.5. The van der Waals surface area contributed by atoms with Crippen LogP contribution in [0.4, 0.5) is 0 Å². The fraction of sp³-hybridized carbons (Fsp3) is 0.208. The van der Waals surface area contributed by atoms with E-state index in [1.54, 1.807) is 0 Å². The smallest absolute Gasteiger partial charge is 0.205 e. The number of benzene rings is 2. The van der Waals surface area contributed by atoms with Gasteiger partial charge in [0.1, 0.15) is 17.4 Å². The number of nitriles is 1. The minimum Gasteiger partial charge on any atom is -0.440 e. The zero-order chi connectivity index (χ0) is 21.3. The van der Waals surface area contributed by atoms with Crippen LogP contribution in [0.1, 0.15) is 24.0 Å². The van der Waals surface area contributed by atoms with Crippen molar-refractivity contribution in [3.63, 3.8) is 0 Å². The standard InChI is InChI=1S/C24H21Cl2N3O/c1-2-29-13-17(11-15-3-7-18(25)8-4-15)23-21(14-29)22(20(12-27)24(28)30-23)16-5-9-19(26)10-6-16/h3-11,22H,2,13-14,28H2,1H3/b17-11+. The highest BCUT2D eigenvalue weighted by molar-refractivity contribution is 6.30. The highest BCUT2D eigenvalue weighted by Crippen LogP contribution is 2.43. The third kappa shape index (κ3) is 3.97. The summed E-state index contributed by atoms with van der Waals surface area (Å²) < 4.78 is 6.04. The first-order valence-electron chi connectivity index (χ1n) is 9.75. The average Bonchev–Trinajstić information content (AvgIpc) is 2.75. The van der Waals surface area contributed by atoms with Crippen LogP contribution < -0.4 is 5.73 Å². The summed E-state index contributed by atoms with van der Waals surface area (Å²) >= 11 is 12.1. The molecule has 0 spiro atoms. The van der Waals surface area contributed by atoms with Gasteiger partial charge in [0.25, 0.3) is 0 Å². The van der Waals surface area contributed by atoms with Crippen LogP contribution in [0.3, 0.4) is 0 Å². The Labute approximate surface area is 186 Å². The number of likely N-dealkylation sites (N-methyl/N-ethyl adjacent to an activating group) is 1. The van der Waals surface area contributed by atoms with Gasteiger partial charge in [-0.3, -0.25) is 4.90 Å². The number of hydrogen-bond acceptors (Lipinski definition) is 4. The van der Waals surface area contributed by atoms with Crippen LogP contribution in [0.25, 0.3) is 6.08 Å². The van der Waals surface area contributed by atoms with Gasteiger partial charge in [-0.05, 0) is 53.6 Å². The summed E-state index contributed by atoms with van der Waals surface area (Å²) in [7, 11) is 0. The molecule has 0 aliphatic carbocycles. The minimum atomic E-state index is -0.265. The van der Waals surface area contributed by atoms with Crippen LogP contribution in [-0.4, -0.2) is 24.5 Å². The van der Waals surface area contributed by atoms with Gasteiger partial charge >= 0.3 is 0 Å². The van der Waals surface area contributed by atoms with E-state index in [9.17, 15) is 5.26 Å². The van der Waals surface area contributed by atoms with Crippen LogP contribution >= 0.6 is 23.2 Å². The number of hydrogen-bond donors (Lipinski definition) is 1. The Morgan fingerprint density at radius 2 is 1.73 bits per heavy atom. The van der Waals surface area contributed by atoms with Crippen molar-refractivity contribution in [1.82, 2.24) is 4.90 Å². The lowest BCUT2D eigenvalue weighted by molar-refractivity contribution is 0.239. The fourth-order valence-corrected chi connectivity index (χ4v) is 4.21. The van der Waals surface area contributed by atoms with Gasteiger partial charge in [-0.1, -0.05) is 54.4 Å². The SMILES string of the molecule is CCN1CC2=C(OC(N)=C(C#N)C2c2ccc(Cl)cc2)/C(=C/c2ccc(Cl)cc2)C1. The quantitative estimate of drug-likeness (QED) is 0.690. The summed E-state index contributed by atoms with van der Waals surface area (Å²) in [6.07, 6.45) is 2.09. The molecule has 0 radical (unpaired) electrons. The molecule has 0 amide bonds. The maximum atomic E-state index is 9.83. The first-order chi connectivity index (χ1) is 14.5. The summed E-state index contributed by atoms with van der Waals surface area (Å²) in [5.41, 5.74) is 10.7. The second kappa shape index (κ2) is 8.57. The fourth-order valence-electron chi connectivity index (χ4n) is 3.96. The maximum Gasteiger partial charge on any atom is 0.205 e. The zero-order valence-electron chi connectivity index (χ0n) is 16.5. The number of halogens is 2. The van der Waals surface area contributed by atoms with Crippen LogP contribution in [0.2, 0.25) is 10.0 Å². The Hall–Kier alpha value is -2.71. The number of rotatable bonds is 3. The van der Waals surface area contributed by atoms with E-state index in [1.165, 1.54) is 0 Å². The van der Waals surface area contributed by atoms with Gasteiger partial charge in [0, 0.05) is 28.7 Å². The van der Waals surface area contributed by atoms with Gasteiger partial charge in [0.05, 0.1) is 5.92 Å². The Morgan fingerprint density at radius 3 is 2.33 bits per heavy atom. The van der Waals surface area contributed by atoms with E-state index in [1.807, 2.05) is 48.5 Å². The van der Waals surface area contributed by atoms with Crippen LogP contribution in [0.15, 0.2) is 76.9 Å². The number of allylic oxidation sites excluding steroid dienone is 1. The van der Waals surface area contributed by atoms with Crippen molar-refractivity contribution >= 4 is 29.3 Å². The molecule has 2 aliphatic rings. The first kappa shape index (κ1) is 20.6. The molecule has 1 unspecified atom stereocenters. The van der Waals surface area contributed by atoms with Crippen molar-refractivity contribution in [1.29, 1.82) is 5.26 Å². The van der Waals surface area contributed by atoms with Crippen LogP contribution in [0.5, 0.6) is 0 Å². The van der Waals surface area contributed by atoms with E-state index in [4.69, 9.17) is 33.7 Å². The molecule has 152 valence electrons. The Bertz CT molecular complexity index is 1090. The molecule has 2 aromatic carbocycles. The Morgan fingerprint density at radius 1 is 1.10 bits per heavy atom. The topological polar surface area (TPSA) is 62.3 Å². The Balaban J connectivity index is 1.86. The first-order valence-corrected chi connectivity index (χ1v) is 10.5. The molecule has 4 nitrogen and oxygen atoms in total. The predicted octanol–water partition coefficient (Wildman–Crippen LogP) is 5.47. The van der Waals surface area contributed by atoms with Gasteiger partial charge in [-0.15, -0.1) is 0 Å². The average molecular weight is 438 g/mol. The van der Waals surface area contributed by atoms with E-state index in [0.717, 1.165) is 41.1 Å². The Kier molecular flexibility index (Phi) is 5.87. The summed E-state index contributed by atoms with van der Waals surface area (Å²) in [6.45, 7) is 4.45. The van der Waals surface area contributed by atoms with Crippen molar-refractivity contribution in [2.24, 2.45) is 5.73 Å². The van der Waals surface area contributed by atoms with Crippen molar-refractivity contribution in [3.8, 4) is 6.07 Å². The largest absolute Gasteiger partial charge is 0.440 e. The molecule has 30 heavy (non-hydrogen) atoms. The molecule has 2 aliphatic heterocycles. The number of nitrogens with zero attached hydrogens (tertiary/aromatic N) is 2. The van der Waals surface area contributed by atoms with Crippen molar-refractivity contribution in [3.05, 3.63) is 98.1 Å². The van der Waals surface area contributed by atoms with E-state index in [2.05, 4.69) is 24.0 Å². The van der Waals surface area contributed by atoms with Crippen LogP contribution in [0, 0.1) is 11.3 Å². The third-order valence-electron chi connectivity index (χ3n) is 5.47. The molecule has 2 heterocycles. The van der Waals surface area contributed by atoms with Crippen molar-refractivity contribution in [2.75, 3.05) is 19.6 Å². The van der Waals surface area contributed by atoms with Gasteiger partial charge in [-0.2, -0.15) is 5.26 Å². The van der Waals surface area contributed by atoms with E-state index >= 15 is 0 Å². The molecule has 4 rings (SSSR count). The molecule has 2 N–H and O–H groups in total. The molecule has 0 saturated heterocycles. The van der Waals surface area contributed by atoms with Crippen molar-refractivity contribution in [2.45, 2.75) is 12.8 Å². The molecule has 0 aromatic heterocycles. The normalized spacial score (nSPS) is 20.7. The second-order valence-electron chi connectivity index (χ2n) is 7.36. The van der Waals surface area contributed by atoms with E-state index in [0.29, 0.717) is 22.2 Å². The molecule has 0 bridgehead atoms. The lowest BCUT2D eigenvalue weighted by atomic mass is 9.80. The molecule has 0 fully saturated rings. The number of ether oxygens (including phenoxy) is 1. The molecule has 0 saturated carbocycles. The summed E-state index contributed by atoms with van der Waals surface area (Å²) in [5, 5.41) is 11.2. The highest BCUT2D eigenvalue weighted by Gasteiger charge is 2.37.